The monoisotopic (exact) mass is 220 g/mol. The van der Waals surface area contributed by atoms with Crippen LogP contribution in [0.1, 0.15) is 43.9 Å². The second-order valence-corrected chi connectivity index (χ2v) is 5.62. The first-order valence-electron chi connectivity index (χ1n) is 5.66. The summed E-state index contributed by atoms with van der Waals surface area (Å²) in [6.07, 6.45) is -0.0853. The van der Waals surface area contributed by atoms with Crippen molar-refractivity contribution < 1.29 is 14.8 Å². The average Bonchev–Trinajstić information content (AvgIpc) is 2.73. The second-order valence-electron chi connectivity index (χ2n) is 5.62. The van der Waals surface area contributed by atoms with Gasteiger partial charge in [-0.1, -0.05) is 50.1 Å². The zero-order chi connectivity index (χ0) is 11.3. The zero-order valence-electron chi connectivity index (χ0n) is 9.77. The lowest BCUT2D eigenvalue weighted by Gasteiger charge is -2.30. The van der Waals surface area contributed by atoms with E-state index in [1.165, 1.54) is 11.1 Å². The maximum atomic E-state index is 5.28. The van der Waals surface area contributed by atoms with E-state index in [0.29, 0.717) is 5.92 Å². The van der Waals surface area contributed by atoms with E-state index in [0.717, 1.165) is 0 Å². The van der Waals surface area contributed by atoms with Crippen molar-refractivity contribution >= 4 is 0 Å². The topological polar surface area (TPSA) is 27.7 Å². The second kappa shape index (κ2) is 3.29. The molecular formula is C13H16O3. The van der Waals surface area contributed by atoms with Crippen LogP contribution in [0.2, 0.25) is 0 Å². The molecule has 3 heteroatoms. The number of hydrogen-bond donors (Lipinski definition) is 0. The number of benzene rings is 1. The molecule has 3 atom stereocenters. The highest BCUT2D eigenvalue weighted by atomic mass is 17.5. The molecule has 3 rings (SSSR count). The Hall–Kier alpha value is -0.900. The highest BCUT2D eigenvalue weighted by Crippen LogP contribution is 2.54. The van der Waals surface area contributed by atoms with Gasteiger partial charge in [0.15, 0.2) is 6.10 Å². The predicted molar refractivity (Wildman–Crippen MR) is 58.4 cm³/mol. The summed E-state index contributed by atoms with van der Waals surface area (Å²) in [6.45, 7) is 6.66. The molecule has 86 valence electrons. The third-order valence-electron chi connectivity index (χ3n) is 3.49. The molecule has 1 saturated heterocycles. The smallest absolute Gasteiger partial charge is 0.151 e. The largest absolute Gasteiger partial charge is 0.199 e. The first-order chi connectivity index (χ1) is 7.59. The number of fused-ring (bicyclic) bond motifs is 3. The van der Waals surface area contributed by atoms with Crippen molar-refractivity contribution in [1.29, 1.82) is 0 Å². The minimum absolute atomic E-state index is 0.0163. The molecule has 3 nitrogen and oxygen atoms in total. The van der Waals surface area contributed by atoms with Crippen LogP contribution in [0.3, 0.4) is 0 Å². The van der Waals surface area contributed by atoms with Crippen LogP contribution in [0.15, 0.2) is 24.3 Å². The van der Waals surface area contributed by atoms with Gasteiger partial charge in [-0.05, 0) is 16.5 Å². The standard InChI is InChI=1S/C13H16O3/c1-13(2,3)10-8-6-4-5-7-9(8)11-12(10)15-16-14-11/h4-7,10-12H,1-3H3/t10-,11-,12+/m0/s1. The Morgan fingerprint density at radius 2 is 1.69 bits per heavy atom. The van der Waals surface area contributed by atoms with Crippen LogP contribution in [0.4, 0.5) is 0 Å². The van der Waals surface area contributed by atoms with E-state index in [2.05, 4.69) is 39.0 Å². The van der Waals surface area contributed by atoms with E-state index < -0.39 is 0 Å². The fraction of sp³-hybridized carbons (Fsp3) is 0.538. The van der Waals surface area contributed by atoms with Gasteiger partial charge in [-0.15, -0.1) is 0 Å². The molecule has 0 aromatic heterocycles. The van der Waals surface area contributed by atoms with E-state index in [4.69, 9.17) is 14.8 Å². The quantitative estimate of drug-likeness (QED) is 0.629. The molecular weight excluding hydrogens is 204 g/mol. The molecule has 1 aliphatic heterocycles. The van der Waals surface area contributed by atoms with Crippen molar-refractivity contribution in [2.24, 2.45) is 5.41 Å². The molecule has 1 aromatic carbocycles. The first-order valence-corrected chi connectivity index (χ1v) is 5.66. The van der Waals surface area contributed by atoms with Crippen LogP contribution in [0.25, 0.3) is 0 Å². The van der Waals surface area contributed by atoms with Gasteiger partial charge in [0.05, 0.1) is 0 Å². The maximum Gasteiger partial charge on any atom is 0.151 e. The van der Waals surface area contributed by atoms with Gasteiger partial charge >= 0.3 is 0 Å². The number of hydrogen-bond acceptors (Lipinski definition) is 3. The summed E-state index contributed by atoms with van der Waals surface area (Å²) in [5, 5.41) is 4.69. The van der Waals surface area contributed by atoms with E-state index in [1.54, 1.807) is 0 Å². The molecule has 0 radical (unpaired) electrons. The van der Waals surface area contributed by atoms with Gasteiger partial charge in [0.25, 0.3) is 0 Å². The molecule has 1 fully saturated rings. The fourth-order valence-corrected chi connectivity index (χ4v) is 2.86. The van der Waals surface area contributed by atoms with Gasteiger partial charge in [-0.25, -0.2) is 0 Å². The molecule has 1 aliphatic carbocycles. The van der Waals surface area contributed by atoms with Crippen LogP contribution in [-0.4, -0.2) is 6.10 Å². The summed E-state index contributed by atoms with van der Waals surface area (Å²) in [6, 6.07) is 8.36. The van der Waals surface area contributed by atoms with Crippen molar-refractivity contribution in [3.63, 3.8) is 0 Å². The SMILES string of the molecule is CC(C)(C)[C@H]1c2ccccc2[C@@H]2OOO[C@@H]21. The Labute approximate surface area is 95.2 Å². The van der Waals surface area contributed by atoms with Crippen LogP contribution < -0.4 is 0 Å². The molecule has 1 heterocycles. The van der Waals surface area contributed by atoms with Crippen molar-refractivity contribution in [2.45, 2.75) is 38.9 Å². The Morgan fingerprint density at radius 3 is 2.38 bits per heavy atom. The lowest BCUT2D eigenvalue weighted by atomic mass is 9.76. The summed E-state index contributed by atoms with van der Waals surface area (Å²) < 4.78 is 0. The molecule has 16 heavy (non-hydrogen) atoms. The van der Waals surface area contributed by atoms with Gasteiger partial charge in [-0.3, -0.25) is 0 Å². The molecule has 0 bridgehead atoms. The average molecular weight is 220 g/mol. The van der Waals surface area contributed by atoms with Crippen molar-refractivity contribution in [2.75, 3.05) is 0 Å². The van der Waals surface area contributed by atoms with E-state index in [-0.39, 0.29) is 17.6 Å². The van der Waals surface area contributed by atoms with Crippen LogP contribution >= 0.6 is 0 Å². The first kappa shape index (κ1) is 10.3. The molecule has 0 spiro atoms. The van der Waals surface area contributed by atoms with Crippen LogP contribution in [0.5, 0.6) is 0 Å². The Morgan fingerprint density at radius 1 is 1.00 bits per heavy atom. The lowest BCUT2D eigenvalue weighted by molar-refractivity contribution is -0.469. The van der Waals surface area contributed by atoms with Crippen molar-refractivity contribution in [1.82, 2.24) is 0 Å². The van der Waals surface area contributed by atoms with E-state index >= 15 is 0 Å². The Kier molecular flexibility index (Phi) is 2.11. The summed E-state index contributed by atoms with van der Waals surface area (Å²) in [7, 11) is 0. The van der Waals surface area contributed by atoms with Gasteiger partial charge < -0.3 is 0 Å². The lowest BCUT2D eigenvalue weighted by Crippen LogP contribution is -2.27. The van der Waals surface area contributed by atoms with Gasteiger partial charge in [0.2, 0.25) is 0 Å². The Balaban J connectivity index is 2.12. The summed E-state index contributed by atoms with van der Waals surface area (Å²) in [5.74, 6) is 0.316. The molecule has 1 aromatic rings. The van der Waals surface area contributed by atoms with Gasteiger partial charge in [0.1, 0.15) is 6.10 Å². The molecule has 0 N–H and O–H groups in total. The third-order valence-corrected chi connectivity index (χ3v) is 3.49. The summed E-state index contributed by atoms with van der Waals surface area (Å²) in [4.78, 5) is 10.5. The van der Waals surface area contributed by atoms with E-state index in [9.17, 15) is 0 Å². The molecule has 0 unspecified atom stereocenters. The van der Waals surface area contributed by atoms with Crippen LogP contribution in [-0.2, 0) is 14.8 Å². The Bertz CT molecular complexity index is 408. The predicted octanol–water partition coefficient (Wildman–Crippen LogP) is 3.13. The van der Waals surface area contributed by atoms with E-state index in [1.807, 2.05) is 6.07 Å². The fourth-order valence-electron chi connectivity index (χ4n) is 2.86. The van der Waals surface area contributed by atoms with Gasteiger partial charge in [-0.2, -0.15) is 9.78 Å². The minimum Gasteiger partial charge on any atom is -0.199 e. The van der Waals surface area contributed by atoms with Crippen LogP contribution in [0, 0.1) is 5.41 Å². The van der Waals surface area contributed by atoms with Crippen molar-refractivity contribution in [3.8, 4) is 0 Å². The third kappa shape index (κ3) is 1.32. The maximum absolute atomic E-state index is 5.28. The molecule has 2 aliphatic rings. The van der Waals surface area contributed by atoms with Crippen molar-refractivity contribution in [3.05, 3.63) is 35.4 Å². The molecule has 0 saturated carbocycles. The molecule has 0 amide bonds. The normalized spacial score (nSPS) is 32.6. The highest BCUT2D eigenvalue weighted by molar-refractivity contribution is 5.41. The summed E-state index contributed by atoms with van der Waals surface area (Å²) in [5.41, 5.74) is 2.66. The summed E-state index contributed by atoms with van der Waals surface area (Å²) >= 11 is 0. The minimum atomic E-state index is -0.0691. The highest BCUT2D eigenvalue weighted by Gasteiger charge is 2.51. The number of rotatable bonds is 0. The van der Waals surface area contributed by atoms with Gasteiger partial charge in [0, 0.05) is 5.92 Å². The zero-order valence-corrected chi connectivity index (χ0v) is 9.77.